The molecule has 2 atom stereocenters. The van der Waals surface area contributed by atoms with E-state index >= 15 is 0 Å². The lowest BCUT2D eigenvalue weighted by atomic mass is 9.87. The third-order valence-corrected chi connectivity index (χ3v) is 2.71. The SMILES string of the molecule is CC(C)OCCC1CC(C(C)C)N1. The maximum absolute atomic E-state index is 5.50. The molecule has 2 nitrogen and oxygen atoms in total. The highest BCUT2D eigenvalue weighted by molar-refractivity contribution is 4.89. The molecule has 0 aliphatic carbocycles. The lowest BCUT2D eigenvalue weighted by Crippen LogP contribution is -2.55. The molecule has 1 aliphatic heterocycles. The van der Waals surface area contributed by atoms with Crippen LogP contribution in [0.1, 0.15) is 40.5 Å². The Kier molecular flexibility index (Phi) is 4.20. The fraction of sp³-hybridized carbons (Fsp3) is 1.00. The molecule has 0 spiro atoms. The van der Waals surface area contributed by atoms with Gasteiger partial charge in [-0.1, -0.05) is 13.8 Å². The summed E-state index contributed by atoms with van der Waals surface area (Å²) in [5, 5.41) is 3.57. The predicted octanol–water partition coefficient (Wildman–Crippen LogP) is 2.19. The summed E-state index contributed by atoms with van der Waals surface area (Å²) in [5.74, 6) is 0.780. The van der Waals surface area contributed by atoms with Gasteiger partial charge in [0, 0.05) is 18.7 Å². The minimum Gasteiger partial charge on any atom is -0.379 e. The third kappa shape index (κ3) is 3.65. The van der Waals surface area contributed by atoms with Gasteiger partial charge >= 0.3 is 0 Å². The molecule has 1 rings (SSSR count). The van der Waals surface area contributed by atoms with Crippen LogP contribution >= 0.6 is 0 Å². The van der Waals surface area contributed by atoms with E-state index in [2.05, 4.69) is 33.0 Å². The van der Waals surface area contributed by atoms with Crippen molar-refractivity contribution in [3.63, 3.8) is 0 Å². The first-order valence-corrected chi connectivity index (χ1v) is 5.47. The predicted molar refractivity (Wildman–Crippen MR) is 55.9 cm³/mol. The van der Waals surface area contributed by atoms with E-state index in [1.165, 1.54) is 12.8 Å². The van der Waals surface area contributed by atoms with Crippen LogP contribution in [0.4, 0.5) is 0 Å². The van der Waals surface area contributed by atoms with Crippen molar-refractivity contribution in [1.29, 1.82) is 0 Å². The van der Waals surface area contributed by atoms with E-state index < -0.39 is 0 Å². The highest BCUT2D eigenvalue weighted by Gasteiger charge is 2.29. The second kappa shape index (κ2) is 4.97. The molecular formula is C11H23NO. The molecule has 1 saturated heterocycles. The van der Waals surface area contributed by atoms with Crippen LogP contribution in [-0.4, -0.2) is 24.8 Å². The monoisotopic (exact) mass is 185 g/mol. The van der Waals surface area contributed by atoms with Gasteiger partial charge in [-0.2, -0.15) is 0 Å². The minimum absolute atomic E-state index is 0.376. The maximum Gasteiger partial charge on any atom is 0.0518 e. The molecule has 1 N–H and O–H groups in total. The van der Waals surface area contributed by atoms with Crippen molar-refractivity contribution < 1.29 is 4.74 Å². The molecule has 0 saturated carbocycles. The average Bonchev–Trinajstić information content (AvgIpc) is 1.92. The first-order chi connectivity index (χ1) is 6.09. The molecular weight excluding hydrogens is 162 g/mol. The van der Waals surface area contributed by atoms with Crippen LogP contribution in [0.3, 0.4) is 0 Å². The normalized spacial score (nSPS) is 28.2. The maximum atomic E-state index is 5.50. The Balaban J connectivity index is 1.96. The molecule has 1 heterocycles. The van der Waals surface area contributed by atoms with Crippen LogP contribution < -0.4 is 5.32 Å². The van der Waals surface area contributed by atoms with Crippen LogP contribution in [0.25, 0.3) is 0 Å². The summed E-state index contributed by atoms with van der Waals surface area (Å²) in [4.78, 5) is 0. The number of hydrogen-bond donors (Lipinski definition) is 1. The van der Waals surface area contributed by atoms with Gasteiger partial charge in [-0.05, 0) is 32.6 Å². The van der Waals surface area contributed by atoms with Gasteiger partial charge in [0.2, 0.25) is 0 Å². The van der Waals surface area contributed by atoms with Gasteiger partial charge in [-0.3, -0.25) is 0 Å². The van der Waals surface area contributed by atoms with Gasteiger partial charge in [-0.15, -0.1) is 0 Å². The fourth-order valence-corrected chi connectivity index (χ4v) is 1.70. The Morgan fingerprint density at radius 2 is 1.92 bits per heavy atom. The van der Waals surface area contributed by atoms with Gasteiger partial charge in [0.1, 0.15) is 0 Å². The quantitative estimate of drug-likeness (QED) is 0.709. The molecule has 0 amide bonds. The smallest absolute Gasteiger partial charge is 0.0518 e. The van der Waals surface area contributed by atoms with Gasteiger partial charge < -0.3 is 10.1 Å². The standard InChI is InChI=1S/C11H23NO/c1-8(2)11-7-10(12-11)5-6-13-9(3)4/h8-12H,5-7H2,1-4H3. The molecule has 13 heavy (non-hydrogen) atoms. The van der Waals surface area contributed by atoms with E-state index in [1.54, 1.807) is 0 Å². The third-order valence-electron chi connectivity index (χ3n) is 2.71. The summed E-state index contributed by atoms with van der Waals surface area (Å²) in [6.07, 6.45) is 2.88. The molecule has 2 heteroatoms. The van der Waals surface area contributed by atoms with Crippen molar-refractivity contribution in [2.75, 3.05) is 6.61 Å². The number of hydrogen-bond acceptors (Lipinski definition) is 2. The highest BCUT2D eigenvalue weighted by Crippen LogP contribution is 2.21. The van der Waals surface area contributed by atoms with Crippen LogP contribution in [0, 0.1) is 5.92 Å². The molecule has 0 radical (unpaired) electrons. The van der Waals surface area contributed by atoms with Crippen LogP contribution in [-0.2, 0) is 4.74 Å². The van der Waals surface area contributed by atoms with Gasteiger partial charge in [0.15, 0.2) is 0 Å². The van der Waals surface area contributed by atoms with Crippen molar-refractivity contribution in [2.45, 2.75) is 58.7 Å². The summed E-state index contributed by atoms with van der Waals surface area (Å²) in [6, 6.07) is 1.47. The Hall–Kier alpha value is -0.0800. The Morgan fingerprint density at radius 1 is 1.31 bits per heavy atom. The number of nitrogens with one attached hydrogen (secondary N) is 1. The Labute approximate surface area is 82.0 Å². The Morgan fingerprint density at radius 3 is 2.38 bits per heavy atom. The second-order valence-corrected chi connectivity index (χ2v) is 4.66. The van der Waals surface area contributed by atoms with Crippen molar-refractivity contribution in [3.8, 4) is 0 Å². The zero-order chi connectivity index (χ0) is 9.84. The number of rotatable bonds is 5. The first-order valence-electron chi connectivity index (χ1n) is 5.47. The van der Waals surface area contributed by atoms with Gasteiger partial charge in [-0.25, -0.2) is 0 Å². The Bertz CT molecular complexity index is 139. The molecule has 0 aromatic carbocycles. The summed E-state index contributed by atoms with van der Waals surface area (Å²) in [5.41, 5.74) is 0. The highest BCUT2D eigenvalue weighted by atomic mass is 16.5. The lowest BCUT2D eigenvalue weighted by Gasteiger charge is -2.40. The van der Waals surface area contributed by atoms with Crippen molar-refractivity contribution in [2.24, 2.45) is 5.92 Å². The van der Waals surface area contributed by atoms with E-state index in [9.17, 15) is 0 Å². The average molecular weight is 185 g/mol. The zero-order valence-electron chi connectivity index (χ0n) is 9.34. The molecule has 0 bridgehead atoms. The van der Waals surface area contributed by atoms with Crippen LogP contribution in [0.2, 0.25) is 0 Å². The summed E-state index contributed by atoms with van der Waals surface area (Å²) in [6.45, 7) is 9.63. The summed E-state index contributed by atoms with van der Waals surface area (Å²) >= 11 is 0. The molecule has 1 fully saturated rings. The molecule has 1 aliphatic rings. The van der Waals surface area contributed by atoms with Gasteiger partial charge in [0.25, 0.3) is 0 Å². The van der Waals surface area contributed by atoms with E-state index in [0.717, 1.165) is 18.6 Å². The second-order valence-electron chi connectivity index (χ2n) is 4.66. The van der Waals surface area contributed by atoms with E-state index in [-0.39, 0.29) is 0 Å². The van der Waals surface area contributed by atoms with Crippen LogP contribution in [0.15, 0.2) is 0 Å². The van der Waals surface area contributed by atoms with Gasteiger partial charge in [0.05, 0.1) is 6.10 Å². The van der Waals surface area contributed by atoms with Crippen molar-refractivity contribution >= 4 is 0 Å². The van der Waals surface area contributed by atoms with E-state index in [0.29, 0.717) is 12.1 Å². The molecule has 0 aromatic heterocycles. The lowest BCUT2D eigenvalue weighted by molar-refractivity contribution is 0.0590. The van der Waals surface area contributed by atoms with E-state index in [4.69, 9.17) is 4.74 Å². The fourth-order valence-electron chi connectivity index (χ4n) is 1.70. The zero-order valence-corrected chi connectivity index (χ0v) is 9.34. The number of ether oxygens (including phenoxy) is 1. The van der Waals surface area contributed by atoms with Crippen molar-refractivity contribution in [3.05, 3.63) is 0 Å². The largest absolute Gasteiger partial charge is 0.379 e. The van der Waals surface area contributed by atoms with Crippen LogP contribution in [0.5, 0.6) is 0 Å². The van der Waals surface area contributed by atoms with E-state index in [1.807, 2.05) is 0 Å². The molecule has 78 valence electrons. The summed E-state index contributed by atoms with van der Waals surface area (Å²) in [7, 11) is 0. The molecule has 0 aromatic rings. The minimum atomic E-state index is 0.376. The summed E-state index contributed by atoms with van der Waals surface area (Å²) < 4.78 is 5.50. The molecule has 2 unspecified atom stereocenters. The first kappa shape index (κ1) is 11.0. The topological polar surface area (TPSA) is 21.3 Å². The van der Waals surface area contributed by atoms with Crippen molar-refractivity contribution in [1.82, 2.24) is 5.32 Å².